The largest absolute Gasteiger partial charge is 0.481 e. The first-order valence-corrected chi connectivity index (χ1v) is 6.20. The number of carboxylic acid groups (broad SMARTS) is 1. The number of rotatable bonds is 5. The van der Waals surface area contributed by atoms with Gasteiger partial charge in [0.2, 0.25) is 0 Å². The van der Waals surface area contributed by atoms with Crippen LogP contribution in [0.4, 0.5) is 0 Å². The average molecular weight is 260 g/mol. The molecule has 0 fully saturated rings. The lowest BCUT2D eigenvalue weighted by Gasteiger charge is -2.10. The van der Waals surface area contributed by atoms with Gasteiger partial charge in [0.05, 0.1) is 12.5 Å². The van der Waals surface area contributed by atoms with Crippen LogP contribution in [0.2, 0.25) is 0 Å². The third-order valence-electron chi connectivity index (χ3n) is 3.04. The maximum atomic E-state index is 10.9. The average Bonchev–Trinajstić information content (AvgIpc) is 2.86. The molecule has 1 unspecified atom stereocenters. The van der Waals surface area contributed by atoms with E-state index in [-0.39, 0.29) is 6.54 Å². The van der Waals surface area contributed by atoms with E-state index in [4.69, 9.17) is 5.11 Å². The second kappa shape index (κ2) is 5.60. The highest BCUT2D eigenvalue weighted by Crippen LogP contribution is 2.21. The number of benzene rings is 1. The summed E-state index contributed by atoms with van der Waals surface area (Å²) in [5.41, 5.74) is 2.09. The van der Waals surface area contributed by atoms with Crippen LogP contribution in [-0.2, 0) is 17.8 Å². The van der Waals surface area contributed by atoms with Crippen LogP contribution >= 0.6 is 0 Å². The number of hydrogen-bond acceptors (Lipinski definition) is 4. The normalized spacial score (nSPS) is 12.3. The van der Waals surface area contributed by atoms with Crippen molar-refractivity contribution in [2.24, 2.45) is 5.92 Å². The first-order chi connectivity index (χ1) is 9.13. The number of hydrogen-bond donors (Lipinski definition) is 1. The maximum Gasteiger partial charge on any atom is 0.308 e. The molecule has 2 aromatic rings. The summed E-state index contributed by atoms with van der Waals surface area (Å²) in [5.74, 6) is -0.771. The molecular formula is C13H16N4O2. The summed E-state index contributed by atoms with van der Waals surface area (Å²) >= 11 is 0. The van der Waals surface area contributed by atoms with Crippen LogP contribution in [0, 0.1) is 5.92 Å². The molecule has 0 bridgehead atoms. The van der Waals surface area contributed by atoms with Crippen LogP contribution in [0.15, 0.2) is 24.3 Å². The van der Waals surface area contributed by atoms with Crippen molar-refractivity contribution in [3.63, 3.8) is 0 Å². The molecule has 0 aliphatic heterocycles. The summed E-state index contributed by atoms with van der Waals surface area (Å²) in [5, 5.41) is 20.5. The third kappa shape index (κ3) is 2.78. The number of aliphatic carboxylic acids is 1. The SMILES string of the molecule is CCc1ccccc1-c1nnnn1CC(C)C(=O)O. The Hall–Kier alpha value is -2.24. The molecule has 0 spiro atoms. The summed E-state index contributed by atoms with van der Waals surface area (Å²) in [4.78, 5) is 10.9. The van der Waals surface area contributed by atoms with E-state index >= 15 is 0 Å². The highest BCUT2D eigenvalue weighted by molar-refractivity contribution is 5.69. The Kier molecular flexibility index (Phi) is 3.89. The van der Waals surface area contributed by atoms with Crippen molar-refractivity contribution >= 4 is 5.97 Å². The molecular weight excluding hydrogens is 244 g/mol. The van der Waals surface area contributed by atoms with Gasteiger partial charge in [-0.3, -0.25) is 4.79 Å². The molecule has 1 heterocycles. The van der Waals surface area contributed by atoms with Gasteiger partial charge in [-0.15, -0.1) is 5.10 Å². The van der Waals surface area contributed by atoms with Crippen LogP contribution in [0.1, 0.15) is 19.4 Å². The molecule has 0 saturated carbocycles. The third-order valence-corrected chi connectivity index (χ3v) is 3.04. The van der Waals surface area contributed by atoms with E-state index in [1.165, 1.54) is 0 Å². The zero-order chi connectivity index (χ0) is 13.8. The highest BCUT2D eigenvalue weighted by atomic mass is 16.4. The summed E-state index contributed by atoms with van der Waals surface area (Å²) in [7, 11) is 0. The lowest BCUT2D eigenvalue weighted by Crippen LogP contribution is -2.18. The molecule has 19 heavy (non-hydrogen) atoms. The van der Waals surface area contributed by atoms with Gasteiger partial charge in [-0.05, 0) is 22.4 Å². The summed E-state index contributed by atoms with van der Waals surface area (Å²) < 4.78 is 1.55. The highest BCUT2D eigenvalue weighted by Gasteiger charge is 2.17. The van der Waals surface area contributed by atoms with E-state index in [9.17, 15) is 4.79 Å². The van der Waals surface area contributed by atoms with Crippen LogP contribution < -0.4 is 0 Å². The van der Waals surface area contributed by atoms with Crippen LogP contribution in [0.3, 0.4) is 0 Å². The van der Waals surface area contributed by atoms with Crippen molar-refractivity contribution in [1.82, 2.24) is 20.2 Å². The van der Waals surface area contributed by atoms with Gasteiger partial charge >= 0.3 is 5.97 Å². The Morgan fingerprint density at radius 3 is 2.84 bits per heavy atom. The van der Waals surface area contributed by atoms with Gasteiger partial charge in [0.1, 0.15) is 0 Å². The van der Waals surface area contributed by atoms with E-state index in [1.54, 1.807) is 11.6 Å². The molecule has 0 aliphatic rings. The zero-order valence-electron chi connectivity index (χ0n) is 10.9. The first-order valence-electron chi connectivity index (χ1n) is 6.20. The second-order valence-corrected chi connectivity index (χ2v) is 4.43. The second-order valence-electron chi connectivity index (χ2n) is 4.43. The molecule has 2 rings (SSSR count). The molecule has 1 aromatic heterocycles. The standard InChI is InChI=1S/C13H16N4O2/c1-3-10-6-4-5-7-11(10)12-14-15-16-17(12)8-9(2)13(18)19/h4-7,9H,3,8H2,1-2H3,(H,18,19). The summed E-state index contributed by atoms with van der Waals surface area (Å²) in [6.45, 7) is 3.96. The first kappa shape index (κ1) is 13.2. The number of tetrazole rings is 1. The van der Waals surface area contributed by atoms with Crippen molar-refractivity contribution in [2.45, 2.75) is 26.8 Å². The van der Waals surface area contributed by atoms with E-state index in [1.807, 2.05) is 24.3 Å². The Bertz CT molecular complexity index is 580. The molecule has 0 aliphatic carbocycles. The molecule has 6 heteroatoms. The molecule has 0 saturated heterocycles. The molecule has 1 N–H and O–H groups in total. The van der Waals surface area contributed by atoms with Crippen molar-refractivity contribution in [3.8, 4) is 11.4 Å². The Morgan fingerprint density at radius 1 is 1.42 bits per heavy atom. The van der Waals surface area contributed by atoms with E-state index in [0.717, 1.165) is 17.5 Å². The molecule has 6 nitrogen and oxygen atoms in total. The Balaban J connectivity index is 2.36. The van der Waals surface area contributed by atoms with Crippen molar-refractivity contribution in [3.05, 3.63) is 29.8 Å². The van der Waals surface area contributed by atoms with Gasteiger partial charge in [-0.1, -0.05) is 38.1 Å². The topological polar surface area (TPSA) is 80.9 Å². The van der Waals surface area contributed by atoms with Crippen LogP contribution in [0.5, 0.6) is 0 Å². The fourth-order valence-corrected chi connectivity index (χ4v) is 1.90. The van der Waals surface area contributed by atoms with Crippen molar-refractivity contribution in [2.75, 3.05) is 0 Å². The fraction of sp³-hybridized carbons (Fsp3) is 0.385. The molecule has 100 valence electrons. The monoisotopic (exact) mass is 260 g/mol. The molecule has 0 radical (unpaired) electrons. The minimum Gasteiger partial charge on any atom is -0.481 e. The number of carboxylic acids is 1. The number of nitrogens with zero attached hydrogens (tertiary/aromatic N) is 4. The minimum absolute atomic E-state index is 0.260. The zero-order valence-corrected chi connectivity index (χ0v) is 10.9. The summed E-state index contributed by atoms with van der Waals surface area (Å²) in [6.07, 6.45) is 0.873. The van der Waals surface area contributed by atoms with Crippen LogP contribution in [-0.4, -0.2) is 31.3 Å². The smallest absolute Gasteiger partial charge is 0.308 e. The Labute approximate surface area is 111 Å². The maximum absolute atomic E-state index is 10.9. The van der Waals surface area contributed by atoms with E-state index in [0.29, 0.717) is 5.82 Å². The van der Waals surface area contributed by atoms with Crippen LogP contribution in [0.25, 0.3) is 11.4 Å². The van der Waals surface area contributed by atoms with Gasteiger partial charge in [0.15, 0.2) is 5.82 Å². The number of aromatic nitrogens is 4. The van der Waals surface area contributed by atoms with Gasteiger partial charge in [0.25, 0.3) is 0 Å². The summed E-state index contributed by atoms with van der Waals surface area (Å²) in [6, 6.07) is 7.87. The number of carbonyl (C=O) groups is 1. The van der Waals surface area contributed by atoms with Gasteiger partial charge in [-0.25, -0.2) is 4.68 Å². The minimum atomic E-state index is -0.856. The predicted molar refractivity (Wildman–Crippen MR) is 69.4 cm³/mol. The van der Waals surface area contributed by atoms with E-state index in [2.05, 4.69) is 22.4 Å². The van der Waals surface area contributed by atoms with Crippen molar-refractivity contribution in [1.29, 1.82) is 0 Å². The molecule has 1 atom stereocenters. The predicted octanol–water partition coefficient (Wildman–Crippen LogP) is 1.62. The molecule has 1 aromatic carbocycles. The van der Waals surface area contributed by atoms with Gasteiger partial charge in [0, 0.05) is 5.56 Å². The lowest BCUT2D eigenvalue weighted by atomic mass is 10.0. The van der Waals surface area contributed by atoms with E-state index < -0.39 is 11.9 Å². The fourth-order valence-electron chi connectivity index (χ4n) is 1.90. The van der Waals surface area contributed by atoms with Gasteiger partial charge < -0.3 is 5.11 Å². The Morgan fingerprint density at radius 2 is 2.16 bits per heavy atom. The lowest BCUT2D eigenvalue weighted by molar-refractivity contribution is -0.141. The quantitative estimate of drug-likeness (QED) is 0.883. The molecule has 0 amide bonds. The van der Waals surface area contributed by atoms with Crippen molar-refractivity contribution < 1.29 is 9.90 Å². The number of aryl methyl sites for hydroxylation is 1. The van der Waals surface area contributed by atoms with Gasteiger partial charge in [-0.2, -0.15) is 0 Å².